The Kier molecular flexibility index (Phi) is 4.16. The van der Waals surface area contributed by atoms with E-state index in [2.05, 4.69) is 22.3 Å². The fourth-order valence-electron chi connectivity index (χ4n) is 3.92. The number of aromatic nitrogens is 2. The summed E-state index contributed by atoms with van der Waals surface area (Å²) in [4.78, 5) is 0. The molecule has 1 saturated carbocycles. The van der Waals surface area contributed by atoms with Crippen LogP contribution in [-0.2, 0) is 28.1 Å². The maximum absolute atomic E-state index is 9.23. The van der Waals surface area contributed by atoms with Crippen molar-refractivity contribution in [2.75, 3.05) is 13.2 Å². The van der Waals surface area contributed by atoms with Crippen LogP contribution in [0.3, 0.4) is 0 Å². The lowest BCUT2D eigenvalue weighted by Crippen LogP contribution is -2.55. The van der Waals surface area contributed by atoms with Gasteiger partial charge in [0.2, 0.25) is 0 Å². The molecular weight excluding hydrogens is 304 g/mol. The average molecular weight is 328 g/mol. The van der Waals surface area contributed by atoms with Crippen LogP contribution in [0, 0.1) is 0 Å². The fourth-order valence-corrected chi connectivity index (χ4v) is 3.92. The molecule has 2 aliphatic heterocycles. The van der Waals surface area contributed by atoms with Crippen molar-refractivity contribution in [3.63, 3.8) is 0 Å². The SMILES string of the molecule is OCc1cc(C23CCC(COCc4ccccc4)(CC2)OC3)n[nH]1. The van der Waals surface area contributed by atoms with Crippen molar-refractivity contribution in [3.8, 4) is 0 Å². The van der Waals surface area contributed by atoms with Crippen molar-refractivity contribution in [2.24, 2.45) is 0 Å². The Labute approximate surface area is 142 Å². The number of hydrogen-bond donors (Lipinski definition) is 2. The number of benzene rings is 1. The first-order valence-corrected chi connectivity index (χ1v) is 8.65. The molecule has 3 heterocycles. The van der Waals surface area contributed by atoms with Gasteiger partial charge in [-0.25, -0.2) is 0 Å². The van der Waals surface area contributed by atoms with Gasteiger partial charge in [-0.1, -0.05) is 30.3 Å². The molecule has 3 aliphatic rings. The zero-order valence-corrected chi connectivity index (χ0v) is 13.8. The lowest BCUT2D eigenvalue weighted by Gasteiger charge is -2.52. The Bertz CT molecular complexity index is 658. The largest absolute Gasteiger partial charge is 0.390 e. The molecular formula is C19H24N2O3. The van der Waals surface area contributed by atoms with Gasteiger partial charge < -0.3 is 14.6 Å². The van der Waals surface area contributed by atoms with Gasteiger partial charge in [-0.2, -0.15) is 5.10 Å². The van der Waals surface area contributed by atoms with Crippen LogP contribution < -0.4 is 0 Å². The average Bonchev–Trinajstić information content (AvgIpc) is 3.14. The Morgan fingerprint density at radius 1 is 1.17 bits per heavy atom. The Hall–Kier alpha value is -1.69. The summed E-state index contributed by atoms with van der Waals surface area (Å²) < 4.78 is 12.2. The number of H-pyrrole nitrogens is 1. The minimum absolute atomic E-state index is 0.00119. The molecule has 0 radical (unpaired) electrons. The van der Waals surface area contributed by atoms with E-state index in [-0.39, 0.29) is 17.6 Å². The molecule has 2 N–H and O–H groups in total. The lowest BCUT2D eigenvalue weighted by molar-refractivity contribution is -0.186. The van der Waals surface area contributed by atoms with Crippen LogP contribution in [0.5, 0.6) is 0 Å². The molecule has 5 nitrogen and oxygen atoms in total. The number of nitrogens with zero attached hydrogens (tertiary/aromatic N) is 1. The summed E-state index contributed by atoms with van der Waals surface area (Å²) in [5, 5.41) is 16.5. The van der Waals surface area contributed by atoms with Crippen molar-refractivity contribution >= 4 is 0 Å². The highest BCUT2D eigenvalue weighted by atomic mass is 16.5. The summed E-state index contributed by atoms with van der Waals surface area (Å²) in [5.41, 5.74) is 2.87. The third kappa shape index (κ3) is 2.88. The molecule has 2 saturated heterocycles. The van der Waals surface area contributed by atoms with Gasteiger partial charge >= 0.3 is 0 Å². The number of aliphatic hydroxyl groups is 1. The van der Waals surface area contributed by atoms with E-state index >= 15 is 0 Å². The maximum atomic E-state index is 9.23. The molecule has 5 rings (SSSR count). The van der Waals surface area contributed by atoms with Crippen molar-refractivity contribution in [2.45, 2.75) is 49.9 Å². The van der Waals surface area contributed by atoms with Gasteiger partial charge in [-0.3, -0.25) is 5.10 Å². The summed E-state index contributed by atoms with van der Waals surface area (Å²) in [5.74, 6) is 0. The summed E-state index contributed by atoms with van der Waals surface area (Å²) >= 11 is 0. The second kappa shape index (κ2) is 6.31. The van der Waals surface area contributed by atoms with E-state index < -0.39 is 0 Å². The number of ether oxygens (including phenoxy) is 2. The van der Waals surface area contributed by atoms with Crippen LogP contribution in [-0.4, -0.2) is 34.1 Å². The highest BCUT2D eigenvalue weighted by Crippen LogP contribution is 2.50. The summed E-state index contributed by atoms with van der Waals surface area (Å²) in [6, 6.07) is 12.2. The third-order valence-corrected chi connectivity index (χ3v) is 5.59. The lowest BCUT2D eigenvalue weighted by atomic mass is 9.64. The summed E-state index contributed by atoms with van der Waals surface area (Å²) in [6.45, 7) is 1.98. The van der Waals surface area contributed by atoms with E-state index in [0.717, 1.165) is 37.1 Å². The molecule has 5 heteroatoms. The van der Waals surface area contributed by atoms with Gasteiger partial charge in [-0.15, -0.1) is 0 Å². The topological polar surface area (TPSA) is 67.4 Å². The highest BCUT2D eigenvalue weighted by molar-refractivity contribution is 5.23. The van der Waals surface area contributed by atoms with Crippen molar-refractivity contribution in [3.05, 3.63) is 53.3 Å². The van der Waals surface area contributed by atoms with Crippen LogP contribution in [0.2, 0.25) is 0 Å². The number of rotatable bonds is 6. The maximum Gasteiger partial charge on any atom is 0.0916 e. The highest BCUT2D eigenvalue weighted by Gasteiger charge is 2.51. The number of hydrogen-bond acceptors (Lipinski definition) is 4. The molecule has 2 bridgehead atoms. The van der Waals surface area contributed by atoms with Crippen LogP contribution in [0.1, 0.15) is 42.6 Å². The van der Waals surface area contributed by atoms with E-state index in [1.807, 2.05) is 24.3 Å². The first kappa shape index (κ1) is 15.8. The van der Waals surface area contributed by atoms with Crippen LogP contribution in [0.25, 0.3) is 0 Å². The van der Waals surface area contributed by atoms with Gasteiger partial charge in [-0.05, 0) is 37.3 Å². The van der Waals surface area contributed by atoms with Gasteiger partial charge in [0.1, 0.15) is 0 Å². The van der Waals surface area contributed by atoms with Gasteiger partial charge in [0.25, 0.3) is 0 Å². The number of fused-ring (bicyclic) bond motifs is 3. The van der Waals surface area contributed by atoms with E-state index in [0.29, 0.717) is 19.8 Å². The Balaban J connectivity index is 1.36. The molecule has 1 aliphatic carbocycles. The molecule has 2 aromatic rings. The monoisotopic (exact) mass is 328 g/mol. The zero-order valence-electron chi connectivity index (χ0n) is 13.8. The minimum atomic E-state index is -0.132. The van der Waals surface area contributed by atoms with Crippen molar-refractivity contribution < 1.29 is 14.6 Å². The number of nitrogens with one attached hydrogen (secondary N) is 1. The first-order chi connectivity index (χ1) is 11.7. The molecule has 24 heavy (non-hydrogen) atoms. The molecule has 3 fully saturated rings. The molecule has 0 spiro atoms. The summed E-state index contributed by atoms with van der Waals surface area (Å²) in [6.07, 6.45) is 4.14. The quantitative estimate of drug-likeness (QED) is 0.855. The molecule has 0 unspecified atom stereocenters. The van der Waals surface area contributed by atoms with Crippen LogP contribution in [0.4, 0.5) is 0 Å². The number of aromatic amines is 1. The van der Waals surface area contributed by atoms with Crippen LogP contribution in [0.15, 0.2) is 36.4 Å². The zero-order chi connectivity index (χ0) is 16.5. The van der Waals surface area contributed by atoms with Gasteiger partial charge in [0.05, 0.1) is 43.4 Å². The first-order valence-electron chi connectivity index (χ1n) is 8.65. The second-order valence-electron chi connectivity index (χ2n) is 7.17. The number of aliphatic hydroxyl groups excluding tert-OH is 1. The second-order valence-corrected chi connectivity index (χ2v) is 7.17. The van der Waals surface area contributed by atoms with Crippen LogP contribution >= 0.6 is 0 Å². The van der Waals surface area contributed by atoms with Crippen molar-refractivity contribution in [1.29, 1.82) is 0 Å². The standard InChI is InChI=1S/C19H24N2O3/c22-11-16-10-17(21-20-16)18-6-8-19(9-7-18,24-13-18)14-23-12-15-4-2-1-3-5-15/h1-5,10,22H,6-9,11-14H2,(H,20,21). The smallest absolute Gasteiger partial charge is 0.0916 e. The summed E-state index contributed by atoms with van der Waals surface area (Å²) in [7, 11) is 0. The van der Waals surface area contributed by atoms with E-state index in [4.69, 9.17) is 9.47 Å². The normalized spacial score (nSPS) is 29.0. The third-order valence-electron chi connectivity index (χ3n) is 5.59. The predicted molar refractivity (Wildman–Crippen MR) is 89.4 cm³/mol. The predicted octanol–water partition coefficient (Wildman–Crippen LogP) is 2.70. The molecule has 1 aromatic heterocycles. The molecule has 0 atom stereocenters. The van der Waals surface area contributed by atoms with E-state index in [1.165, 1.54) is 5.56 Å². The minimum Gasteiger partial charge on any atom is -0.390 e. The Morgan fingerprint density at radius 3 is 2.58 bits per heavy atom. The van der Waals surface area contributed by atoms with Gasteiger partial charge in [0, 0.05) is 5.41 Å². The Morgan fingerprint density at radius 2 is 1.96 bits per heavy atom. The van der Waals surface area contributed by atoms with Gasteiger partial charge in [0.15, 0.2) is 0 Å². The van der Waals surface area contributed by atoms with Crippen molar-refractivity contribution in [1.82, 2.24) is 10.2 Å². The fraction of sp³-hybridized carbons (Fsp3) is 0.526. The molecule has 0 amide bonds. The molecule has 1 aromatic carbocycles. The molecule has 128 valence electrons. The van der Waals surface area contributed by atoms with E-state index in [1.54, 1.807) is 0 Å². The van der Waals surface area contributed by atoms with E-state index in [9.17, 15) is 5.11 Å².